The van der Waals surface area contributed by atoms with E-state index in [-0.39, 0.29) is 16.8 Å². The molecule has 0 saturated carbocycles. The van der Waals surface area contributed by atoms with Crippen LogP contribution in [-0.4, -0.2) is 11.1 Å². The van der Waals surface area contributed by atoms with Gasteiger partial charge >= 0.3 is 5.97 Å². The number of hydrogen-bond donors (Lipinski definition) is 2. The van der Waals surface area contributed by atoms with Gasteiger partial charge in [0.2, 0.25) is 0 Å². The van der Waals surface area contributed by atoms with Crippen molar-refractivity contribution in [1.82, 2.24) is 0 Å². The van der Waals surface area contributed by atoms with Crippen LogP contribution >= 0.6 is 0 Å². The maximum Gasteiger partial charge on any atom is 0.308 e. The average molecular weight is 194 g/mol. The van der Waals surface area contributed by atoms with Gasteiger partial charge in [0.05, 0.1) is 18.1 Å². The third-order valence-corrected chi connectivity index (χ3v) is 1.69. The summed E-state index contributed by atoms with van der Waals surface area (Å²) in [7, 11) is 0. The van der Waals surface area contributed by atoms with Crippen LogP contribution in [-0.2, 0) is 11.2 Å². The average Bonchev–Trinajstić information content (AvgIpc) is 2.10. The lowest BCUT2D eigenvalue weighted by Gasteiger charge is -2.04. The minimum absolute atomic E-state index is 0.0102. The van der Waals surface area contributed by atoms with Gasteiger partial charge in [-0.3, -0.25) is 4.79 Å². The number of anilines is 1. The highest BCUT2D eigenvalue weighted by atomic mass is 19.1. The molecule has 0 aliphatic heterocycles. The molecule has 0 aromatic heterocycles. The van der Waals surface area contributed by atoms with E-state index in [0.29, 0.717) is 0 Å². The summed E-state index contributed by atoms with van der Waals surface area (Å²) in [5.41, 5.74) is 5.37. The molecule has 1 aromatic carbocycles. The second kappa shape index (κ2) is 3.75. The fourth-order valence-electron chi connectivity index (χ4n) is 1.06. The van der Waals surface area contributed by atoms with Crippen LogP contribution in [0.15, 0.2) is 12.1 Å². The molecule has 3 N–H and O–H groups in total. The van der Waals surface area contributed by atoms with Crippen molar-refractivity contribution in [2.75, 3.05) is 5.73 Å². The second-order valence-electron chi connectivity index (χ2n) is 2.71. The largest absolute Gasteiger partial charge is 0.481 e. The van der Waals surface area contributed by atoms with Crippen LogP contribution in [0.2, 0.25) is 0 Å². The first-order chi connectivity index (χ1) is 6.54. The minimum atomic E-state index is -1.17. The highest BCUT2D eigenvalue weighted by Gasteiger charge is 2.11. The Kier molecular flexibility index (Phi) is 2.67. The van der Waals surface area contributed by atoms with Crippen molar-refractivity contribution in [1.29, 1.82) is 5.26 Å². The van der Waals surface area contributed by atoms with Gasteiger partial charge in [0.25, 0.3) is 0 Å². The number of aliphatic carboxylic acids is 1. The van der Waals surface area contributed by atoms with E-state index < -0.39 is 18.2 Å². The first kappa shape index (κ1) is 9.99. The van der Waals surface area contributed by atoms with Crippen LogP contribution in [0.5, 0.6) is 0 Å². The molecule has 0 bridgehead atoms. The Morgan fingerprint density at radius 3 is 2.71 bits per heavy atom. The number of carboxylic acid groups (broad SMARTS) is 1. The van der Waals surface area contributed by atoms with Gasteiger partial charge in [0.15, 0.2) is 0 Å². The molecular weight excluding hydrogens is 187 g/mol. The molecule has 0 radical (unpaired) electrons. The number of halogens is 1. The zero-order valence-corrected chi connectivity index (χ0v) is 7.12. The van der Waals surface area contributed by atoms with Crippen molar-refractivity contribution in [3.63, 3.8) is 0 Å². The Morgan fingerprint density at radius 2 is 2.29 bits per heavy atom. The van der Waals surface area contributed by atoms with Crippen molar-refractivity contribution < 1.29 is 14.3 Å². The highest BCUT2D eigenvalue weighted by molar-refractivity contribution is 5.73. The smallest absolute Gasteiger partial charge is 0.308 e. The number of rotatable bonds is 2. The van der Waals surface area contributed by atoms with E-state index in [2.05, 4.69) is 0 Å². The summed E-state index contributed by atoms with van der Waals surface area (Å²) in [5, 5.41) is 16.9. The minimum Gasteiger partial charge on any atom is -0.481 e. The van der Waals surface area contributed by atoms with Gasteiger partial charge in [-0.15, -0.1) is 0 Å². The number of hydrogen-bond acceptors (Lipinski definition) is 3. The lowest BCUT2D eigenvalue weighted by molar-refractivity contribution is -0.136. The second-order valence-corrected chi connectivity index (χ2v) is 2.71. The number of nitrogens with two attached hydrogens (primary N) is 1. The molecule has 1 aromatic rings. The zero-order valence-electron chi connectivity index (χ0n) is 7.12. The molecule has 5 heteroatoms. The first-order valence-electron chi connectivity index (χ1n) is 3.74. The van der Waals surface area contributed by atoms with Gasteiger partial charge in [-0.05, 0) is 12.1 Å². The van der Waals surface area contributed by atoms with Crippen LogP contribution in [0.4, 0.5) is 10.1 Å². The lowest BCUT2D eigenvalue weighted by Crippen LogP contribution is -2.06. The van der Waals surface area contributed by atoms with E-state index in [1.807, 2.05) is 0 Å². The maximum absolute atomic E-state index is 13.2. The summed E-state index contributed by atoms with van der Waals surface area (Å²) < 4.78 is 13.2. The fourth-order valence-corrected chi connectivity index (χ4v) is 1.06. The molecule has 4 nitrogen and oxygen atoms in total. The van der Waals surface area contributed by atoms with Crippen molar-refractivity contribution >= 4 is 11.7 Å². The van der Waals surface area contributed by atoms with E-state index in [0.717, 1.165) is 6.07 Å². The SMILES string of the molecule is N#Cc1cc(N)c(CC(=O)O)c(F)c1. The molecular formula is C9H7FN2O2. The molecule has 0 fully saturated rings. The van der Waals surface area contributed by atoms with Crippen molar-refractivity contribution in [2.45, 2.75) is 6.42 Å². The molecule has 0 aliphatic rings. The molecule has 14 heavy (non-hydrogen) atoms. The number of carboxylic acids is 1. The van der Waals surface area contributed by atoms with Gasteiger partial charge in [0, 0.05) is 11.3 Å². The summed E-state index contributed by atoms with van der Waals surface area (Å²) in [6.45, 7) is 0. The summed E-state index contributed by atoms with van der Waals surface area (Å²) >= 11 is 0. The molecule has 0 saturated heterocycles. The molecule has 0 spiro atoms. The molecule has 72 valence electrons. The normalized spacial score (nSPS) is 9.43. The Bertz CT molecular complexity index is 400. The number of nitrogens with zero attached hydrogens (tertiary/aromatic N) is 1. The van der Waals surface area contributed by atoms with Crippen LogP contribution in [0, 0.1) is 17.1 Å². The number of nitrogen functional groups attached to an aromatic ring is 1. The number of benzene rings is 1. The summed E-state index contributed by atoms with van der Waals surface area (Å²) in [5.74, 6) is -1.93. The Hall–Kier alpha value is -2.09. The third-order valence-electron chi connectivity index (χ3n) is 1.69. The first-order valence-corrected chi connectivity index (χ1v) is 3.74. The Labute approximate surface area is 79.4 Å². The maximum atomic E-state index is 13.2. The molecule has 0 unspecified atom stereocenters. The van der Waals surface area contributed by atoms with Crippen LogP contribution in [0.3, 0.4) is 0 Å². The predicted octanol–water partition coefficient (Wildman–Crippen LogP) is 0.907. The van der Waals surface area contributed by atoms with Crippen molar-refractivity contribution in [3.05, 3.63) is 29.1 Å². The number of nitriles is 1. The van der Waals surface area contributed by atoms with Gasteiger partial charge < -0.3 is 10.8 Å². The third kappa shape index (κ3) is 1.98. The van der Waals surface area contributed by atoms with Gasteiger partial charge in [-0.1, -0.05) is 0 Å². The summed E-state index contributed by atoms with van der Waals surface area (Å²) in [6, 6.07) is 3.94. The number of carbonyl (C=O) groups is 1. The standard InChI is InChI=1S/C9H7FN2O2/c10-7-1-5(4-11)2-8(12)6(7)3-9(13)14/h1-2H,3,12H2,(H,13,14). The van der Waals surface area contributed by atoms with Crippen molar-refractivity contribution in [2.24, 2.45) is 0 Å². The monoisotopic (exact) mass is 194 g/mol. The molecule has 0 aliphatic carbocycles. The van der Waals surface area contributed by atoms with Crippen LogP contribution in [0.25, 0.3) is 0 Å². The van der Waals surface area contributed by atoms with Crippen LogP contribution in [0.1, 0.15) is 11.1 Å². The highest BCUT2D eigenvalue weighted by Crippen LogP contribution is 2.18. The summed E-state index contributed by atoms with van der Waals surface area (Å²) in [6.07, 6.45) is -0.483. The zero-order chi connectivity index (χ0) is 10.7. The van der Waals surface area contributed by atoms with E-state index in [9.17, 15) is 9.18 Å². The van der Waals surface area contributed by atoms with Gasteiger partial charge in [0.1, 0.15) is 5.82 Å². The fraction of sp³-hybridized carbons (Fsp3) is 0.111. The van der Waals surface area contributed by atoms with E-state index in [1.165, 1.54) is 6.07 Å². The van der Waals surface area contributed by atoms with Crippen molar-refractivity contribution in [3.8, 4) is 6.07 Å². The Morgan fingerprint density at radius 1 is 1.64 bits per heavy atom. The summed E-state index contributed by atoms with van der Waals surface area (Å²) in [4.78, 5) is 10.3. The Balaban J connectivity index is 3.19. The molecule has 0 heterocycles. The predicted molar refractivity (Wildman–Crippen MR) is 46.9 cm³/mol. The van der Waals surface area contributed by atoms with Crippen LogP contribution < -0.4 is 5.73 Å². The molecule has 1 rings (SSSR count). The van der Waals surface area contributed by atoms with E-state index in [4.69, 9.17) is 16.1 Å². The van der Waals surface area contributed by atoms with Gasteiger partial charge in [-0.25, -0.2) is 4.39 Å². The molecule has 0 atom stereocenters. The quantitative estimate of drug-likeness (QED) is 0.685. The topological polar surface area (TPSA) is 87.1 Å². The lowest BCUT2D eigenvalue weighted by atomic mass is 10.1. The molecule has 0 amide bonds. The van der Waals surface area contributed by atoms with E-state index in [1.54, 1.807) is 6.07 Å². The van der Waals surface area contributed by atoms with Gasteiger partial charge in [-0.2, -0.15) is 5.26 Å². The van der Waals surface area contributed by atoms with E-state index >= 15 is 0 Å².